The molecule has 1 N–H and O–H groups in total. The topological polar surface area (TPSA) is 55.4 Å². The Morgan fingerprint density at radius 3 is 2.22 bits per heavy atom. The zero-order chi connectivity index (χ0) is 17.0. The molecule has 1 amide bonds. The van der Waals surface area contributed by atoms with Crippen molar-refractivity contribution in [3.63, 3.8) is 0 Å². The number of rotatable bonds is 4. The minimum absolute atomic E-state index is 0.122. The molecule has 0 aliphatic carbocycles. The molecule has 2 aromatic rings. The predicted octanol–water partition coefficient (Wildman–Crippen LogP) is 3.58. The quantitative estimate of drug-likeness (QED) is 0.878. The number of aryl methyl sites for hydroxylation is 2. The van der Waals surface area contributed by atoms with Gasteiger partial charge in [-0.3, -0.25) is 4.79 Å². The summed E-state index contributed by atoms with van der Waals surface area (Å²) in [7, 11) is 1.32. The second-order valence-corrected chi connectivity index (χ2v) is 5.69. The van der Waals surface area contributed by atoms with Crippen molar-refractivity contribution in [2.24, 2.45) is 0 Å². The number of hydrogen-bond acceptors (Lipinski definition) is 3. The van der Waals surface area contributed by atoms with Crippen molar-refractivity contribution < 1.29 is 14.3 Å². The first kappa shape index (κ1) is 16.7. The number of esters is 1. The van der Waals surface area contributed by atoms with E-state index in [0.717, 1.165) is 16.7 Å². The third-order valence-corrected chi connectivity index (χ3v) is 3.64. The number of methoxy groups -OCH3 is 1. The normalized spacial score (nSPS) is 11.7. The van der Waals surface area contributed by atoms with Crippen LogP contribution in [0.2, 0.25) is 0 Å². The summed E-state index contributed by atoms with van der Waals surface area (Å²) in [5, 5.41) is 2.96. The lowest BCUT2D eigenvalue weighted by Gasteiger charge is -2.16. The maximum atomic E-state index is 12.4. The van der Waals surface area contributed by atoms with E-state index < -0.39 is 5.97 Å². The number of carbonyl (C=O) groups is 2. The molecule has 0 saturated carbocycles. The van der Waals surface area contributed by atoms with Crippen LogP contribution in [0.3, 0.4) is 0 Å². The van der Waals surface area contributed by atoms with E-state index in [9.17, 15) is 9.59 Å². The van der Waals surface area contributed by atoms with Gasteiger partial charge in [0.2, 0.25) is 0 Å². The first-order valence-electron chi connectivity index (χ1n) is 7.48. The van der Waals surface area contributed by atoms with Crippen molar-refractivity contribution in [2.75, 3.05) is 7.11 Å². The third-order valence-electron chi connectivity index (χ3n) is 3.64. The first-order valence-corrected chi connectivity index (χ1v) is 7.48. The van der Waals surface area contributed by atoms with Crippen LogP contribution in [0.15, 0.2) is 42.5 Å². The van der Waals surface area contributed by atoms with E-state index in [-0.39, 0.29) is 11.9 Å². The highest BCUT2D eigenvalue weighted by Gasteiger charge is 2.14. The number of carbonyl (C=O) groups excluding carboxylic acids is 2. The van der Waals surface area contributed by atoms with E-state index in [0.29, 0.717) is 11.1 Å². The Labute approximate surface area is 136 Å². The van der Waals surface area contributed by atoms with E-state index >= 15 is 0 Å². The lowest BCUT2D eigenvalue weighted by atomic mass is 10.0. The molecule has 4 nitrogen and oxygen atoms in total. The van der Waals surface area contributed by atoms with Crippen molar-refractivity contribution in [2.45, 2.75) is 26.8 Å². The summed E-state index contributed by atoms with van der Waals surface area (Å²) in [6, 6.07) is 12.6. The number of amides is 1. The summed E-state index contributed by atoms with van der Waals surface area (Å²) in [5.74, 6) is -0.676. The van der Waals surface area contributed by atoms with Crippen molar-refractivity contribution in [1.29, 1.82) is 0 Å². The van der Waals surface area contributed by atoms with Gasteiger partial charge in [0, 0.05) is 5.56 Å². The molecule has 0 saturated heterocycles. The molecule has 120 valence electrons. The van der Waals surface area contributed by atoms with E-state index in [4.69, 9.17) is 0 Å². The number of ether oxygens (including phenoxy) is 1. The van der Waals surface area contributed by atoms with Gasteiger partial charge in [-0.1, -0.05) is 35.4 Å². The van der Waals surface area contributed by atoms with Crippen LogP contribution < -0.4 is 5.32 Å². The molecule has 0 bridgehead atoms. The van der Waals surface area contributed by atoms with Gasteiger partial charge in [0.1, 0.15) is 0 Å². The standard InChI is InChI=1S/C19H21NO3/c1-12-8-13(2)10-17(9-12)14(3)20-18(21)15-6-5-7-16(11-15)19(22)23-4/h5-11,14H,1-4H3,(H,20,21). The molecule has 0 fully saturated rings. The minimum atomic E-state index is -0.456. The van der Waals surface area contributed by atoms with Gasteiger partial charge in [-0.25, -0.2) is 4.79 Å². The fourth-order valence-electron chi connectivity index (χ4n) is 2.53. The van der Waals surface area contributed by atoms with Gasteiger partial charge in [-0.05, 0) is 44.5 Å². The lowest BCUT2D eigenvalue weighted by Crippen LogP contribution is -2.27. The fraction of sp³-hybridized carbons (Fsp3) is 0.263. The molecule has 0 spiro atoms. The van der Waals surface area contributed by atoms with E-state index in [2.05, 4.69) is 28.3 Å². The number of benzene rings is 2. The maximum absolute atomic E-state index is 12.4. The largest absolute Gasteiger partial charge is 0.465 e. The summed E-state index contributed by atoms with van der Waals surface area (Å²) < 4.78 is 4.68. The smallest absolute Gasteiger partial charge is 0.337 e. The van der Waals surface area contributed by atoms with Gasteiger partial charge in [0.05, 0.1) is 18.7 Å². The van der Waals surface area contributed by atoms with Gasteiger partial charge in [-0.15, -0.1) is 0 Å². The molecule has 2 rings (SSSR count). The molecule has 1 unspecified atom stereocenters. The average Bonchev–Trinajstić information content (AvgIpc) is 2.53. The molecule has 0 radical (unpaired) electrons. The van der Waals surface area contributed by atoms with Crippen LogP contribution >= 0.6 is 0 Å². The summed E-state index contributed by atoms with van der Waals surface area (Å²) in [5.41, 5.74) is 4.17. The molecular formula is C19H21NO3. The van der Waals surface area contributed by atoms with Crippen molar-refractivity contribution >= 4 is 11.9 Å². The van der Waals surface area contributed by atoms with Gasteiger partial charge in [0.25, 0.3) is 5.91 Å². The van der Waals surface area contributed by atoms with Crippen LogP contribution in [0.1, 0.15) is 50.4 Å². The molecule has 0 aromatic heterocycles. The van der Waals surface area contributed by atoms with Crippen molar-refractivity contribution in [3.05, 3.63) is 70.3 Å². The Bertz CT molecular complexity index is 717. The molecule has 23 heavy (non-hydrogen) atoms. The highest BCUT2D eigenvalue weighted by atomic mass is 16.5. The molecule has 1 atom stereocenters. The highest BCUT2D eigenvalue weighted by Crippen LogP contribution is 2.17. The molecule has 0 aliphatic rings. The Morgan fingerprint density at radius 1 is 1.00 bits per heavy atom. The van der Waals surface area contributed by atoms with Gasteiger partial charge >= 0.3 is 5.97 Å². The maximum Gasteiger partial charge on any atom is 0.337 e. The van der Waals surface area contributed by atoms with Crippen LogP contribution in [0.4, 0.5) is 0 Å². The van der Waals surface area contributed by atoms with Gasteiger partial charge in [-0.2, -0.15) is 0 Å². The Morgan fingerprint density at radius 2 is 1.61 bits per heavy atom. The summed E-state index contributed by atoms with van der Waals surface area (Å²) in [6.45, 7) is 6.01. The van der Waals surface area contributed by atoms with Crippen LogP contribution in [0.25, 0.3) is 0 Å². The van der Waals surface area contributed by atoms with E-state index in [1.54, 1.807) is 18.2 Å². The van der Waals surface area contributed by atoms with E-state index in [1.165, 1.54) is 13.2 Å². The number of hydrogen-bond donors (Lipinski definition) is 1. The average molecular weight is 311 g/mol. The summed E-state index contributed by atoms with van der Waals surface area (Å²) >= 11 is 0. The first-order chi connectivity index (χ1) is 10.9. The summed E-state index contributed by atoms with van der Waals surface area (Å²) in [6.07, 6.45) is 0. The molecule has 0 heterocycles. The third kappa shape index (κ3) is 4.19. The van der Waals surface area contributed by atoms with Crippen molar-refractivity contribution in [3.8, 4) is 0 Å². The van der Waals surface area contributed by atoms with E-state index in [1.807, 2.05) is 20.8 Å². The fourth-order valence-corrected chi connectivity index (χ4v) is 2.53. The Hall–Kier alpha value is -2.62. The zero-order valence-corrected chi connectivity index (χ0v) is 13.8. The molecule has 0 aliphatic heterocycles. The van der Waals surface area contributed by atoms with Crippen LogP contribution in [0, 0.1) is 13.8 Å². The zero-order valence-electron chi connectivity index (χ0n) is 13.8. The second kappa shape index (κ2) is 7.09. The molecule has 4 heteroatoms. The molecular weight excluding hydrogens is 290 g/mol. The minimum Gasteiger partial charge on any atom is -0.465 e. The number of nitrogens with one attached hydrogen (secondary N) is 1. The Balaban J connectivity index is 2.16. The van der Waals surface area contributed by atoms with Crippen LogP contribution in [0.5, 0.6) is 0 Å². The predicted molar refractivity (Wildman–Crippen MR) is 89.6 cm³/mol. The highest BCUT2D eigenvalue weighted by molar-refractivity contribution is 5.98. The SMILES string of the molecule is COC(=O)c1cccc(C(=O)NC(C)c2cc(C)cc(C)c2)c1. The lowest BCUT2D eigenvalue weighted by molar-refractivity contribution is 0.0600. The van der Waals surface area contributed by atoms with Crippen LogP contribution in [-0.2, 0) is 4.74 Å². The van der Waals surface area contributed by atoms with Crippen LogP contribution in [-0.4, -0.2) is 19.0 Å². The van der Waals surface area contributed by atoms with Gasteiger partial charge in [0.15, 0.2) is 0 Å². The van der Waals surface area contributed by atoms with Crippen molar-refractivity contribution in [1.82, 2.24) is 5.32 Å². The second-order valence-electron chi connectivity index (χ2n) is 5.69. The van der Waals surface area contributed by atoms with Gasteiger partial charge < -0.3 is 10.1 Å². The summed E-state index contributed by atoms with van der Waals surface area (Å²) in [4.78, 5) is 24.0. The monoisotopic (exact) mass is 311 g/mol. The Kier molecular flexibility index (Phi) is 5.16. The molecule has 2 aromatic carbocycles.